The Morgan fingerprint density at radius 2 is 2.43 bits per heavy atom. The van der Waals surface area contributed by atoms with Gasteiger partial charge in [0.25, 0.3) is 0 Å². The number of hydrogen-bond acceptors (Lipinski definition) is 5. The Labute approximate surface area is 87.6 Å². The van der Waals surface area contributed by atoms with Gasteiger partial charge in [0, 0.05) is 6.54 Å². The fourth-order valence-electron chi connectivity index (χ4n) is 1.91. The predicted octanol–water partition coefficient (Wildman–Crippen LogP) is 1.28. The first-order valence-corrected chi connectivity index (χ1v) is 5.93. The van der Waals surface area contributed by atoms with Crippen LogP contribution in [0.1, 0.15) is 25.7 Å². The highest BCUT2D eigenvalue weighted by Crippen LogP contribution is 2.24. The third-order valence-electron chi connectivity index (χ3n) is 2.68. The van der Waals surface area contributed by atoms with Gasteiger partial charge in [-0.15, -0.1) is 10.2 Å². The minimum Gasteiger partial charge on any atom is -0.394 e. The molecule has 5 heteroatoms. The number of hydrogen-bond donors (Lipinski definition) is 1. The zero-order valence-electron chi connectivity index (χ0n) is 8.09. The minimum absolute atomic E-state index is 0.222. The van der Waals surface area contributed by atoms with Gasteiger partial charge in [0.05, 0.1) is 12.6 Å². The van der Waals surface area contributed by atoms with Crippen LogP contribution in [0, 0.1) is 0 Å². The van der Waals surface area contributed by atoms with Crippen molar-refractivity contribution >= 4 is 16.5 Å². The van der Waals surface area contributed by atoms with Crippen LogP contribution in [-0.4, -0.2) is 34.5 Å². The highest BCUT2D eigenvalue weighted by molar-refractivity contribution is 7.13. The normalized spacial score (nSPS) is 23.5. The Hall–Kier alpha value is -0.680. The molecule has 1 aromatic heterocycles. The maximum absolute atomic E-state index is 9.30. The molecule has 1 saturated heterocycles. The minimum atomic E-state index is 0.222. The van der Waals surface area contributed by atoms with Gasteiger partial charge in [0.15, 0.2) is 0 Å². The number of aliphatic hydroxyl groups is 1. The van der Waals surface area contributed by atoms with E-state index in [-0.39, 0.29) is 12.6 Å². The van der Waals surface area contributed by atoms with Gasteiger partial charge in [0.2, 0.25) is 5.13 Å². The van der Waals surface area contributed by atoms with Crippen LogP contribution < -0.4 is 4.90 Å². The Kier molecular flexibility index (Phi) is 3.31. The second-order valence-corrected chi connectivity index (χ2v) is 4.41. The third kappa shape index (κ3) is 2.04. The molecule has 78 valence electrons. The zero-order chi connectivity index (χ0) is 9.80. The van der Waals surface area contributed by atoms with Gasteiger partial charge in [-0.25, -0.2) is 0 Å². The summed E-state index contributed by atoms with van der Waals surface area (Å²) < 4.78 is 0. The van der Waals surface area contributed by atoms with E-state index in [0.717, 1.165) is 18.1 Å². The lowest BCUT2D eigenvalue weighted by atomic mass is 10.1. The molecular formula is C9H15N3OS. The largest absolute Gasteiger partial charge is 0.394 e. The second-order valence-electron chi connectivity index (χ2n) is 3.60. The molecule has 0 saturated carbocycles. The van der Waals surface area contributed by atoms with Gasteiger partial charge in [-0.05, 0) is 12.8 Å². The summed E-state index contributed by atoms with van der Waals surface area (Å²) in [5, 5.41) is 18.2. The van der Waals surface area contributed by atoms with E-state index in [2.05, 4.69) is 15.1 Å². The lowest BCUT2D eigenvalue weighted by Gasteiger charge is -2.27. The summed E-state index contributed by atoms with van der Waals surface area (Å²) in [6.07, 6.45) is 4.72. The van der Waals surface area contributed by atoms with Crippen LogP contribution >= 0.6 is 11.3 Å². The molecule has 1 fully saturated rings. The van der Waals surface area contributed by atoms with Crippen molar-refractivity contribution in [3.8, 4) is 0 Å². The summed E-state index contributed by atoms with van der Waals surface area (Å²) in [7, 11) is 0. The Balaban J connectivity index is 2.12. The van der Waals surface area contributed by atoms with Crippen LogP contribution in [0.25, 0.3) is 0 Å². The Morgan fingerprint density at radius 1 is 1.50 bits per heavy atom. The Morgan fingerprint density at radius 3 is 3.14 bits per heavy atom. The van der Waals surface area contributed by atoms with E-state index < -0.39 is 0 Å². The molecule has 2 heterocycles. The molecule has 14 heavy (non-hydrogen) atoms. The first kappa shape index (κ1) is 9.86. The molecular weight excluding hydrogens is 198 g/mol. The van der Waals surface area contributed by atoms with Crippen LogP contribution in [-0.2, 0) is 0 Å². The van der Waals surface area contributed by atoms with E-state index >= 15 is 0 Å². The van der Waals surface area contributed by atoms with Crippen molar-refractivity contribution in [2.45, 2.75) is 31.7 Å². The molecule has 4 nitrogen and oxygen atoms in total. The van der Waals surface area contributed by atoms with Gasteiger partial charge >= 0.3 is 0 Å². The van der Waals surface area contributed by atoms with Gasteiger partial charge < -0.3 is 10.0 Å². The highest BCUT2D eigenvalue weighted by Gasteiger charge is 2.22. The molecule has 2 rings (SSSR count). The van der Waals surface area contributed by atoms with Crippen molar-refractivity contribution in [1.29, 1.82) is 0 Å². The number of nitrogens with zero attached hydrogens (tertiary/aromatic N) is 3. The van der Waals surface area contributed by atoms with Crippen LogP contribution in [0.2, 0.25) is 0 Å². The lowest BCUT2D eigenvalue weighted by molar-refractivity contribution is 0.255. The topological polar surface area (TPSA) is 49.2 Å². The molecule has 1 atom stereocenters. The Bertz CT molecular complexity index is 265. The quantitative estimate of drug-likeness (QED) is 0.804. The van der Waals surface area contributed by atoms with Crippen LogP contribution in [0.15, 0.2) is 5.51 Å². The smallest absolute Gasteiger partial charge is 0.208 e. The van der Waals surface area contributed by atoms with Crippen molar-refractivity contribution < 1.29 is 5.11 Å². The average molecular weight is 213 g/mol. The number of aromatic nitrogens is 2. The van der Waals surface area contributed by atoms with Crippen LogP contribution in [0.4, 0.5) is 5.13 Å². The molecule has 0 radical (unpaired) electrons. The number of anilines is 1. The fraction of sp³-hybridized carbons (Fsp3) is 0.778. The first-order chi connectivity index (χ1) is 6.92. The van der Waals surface area contributed by atoms with Crippen molar-refractivity contribution in [2.24, 2.45) is 0 Å². The van der Waals surface area contributed by atoms with Crippen molar-refractivity contribution in [2.75, 3.05) is 18.1 Å². The van der Waals surface area contributed by atoms with Crippen molar-refractivity contribution in [1.82, 2.24) is 10.2 Å². The second kappa shape index (κ2) is 4.70. The van der Waals surface area contributed by atoms with E-state index in [4.69, 9.17) is 0 Å². The highest BCUT2D eigenvalue weighted by atomic mass is 32.1. The molecule has 0 bridgehead atoms. The van der Waals surface area contributed by atoms with Crippen LogP contribution in [0.5, 0.6) is 0 Å². The number of aliphatic hydroxyl groups excluding tert-OH is 1. The SMILES string of the molecule is OCC1CCCCCN1c1nncs1. The zero-order valence-corrected chi connectivity index (χ0v) is 8.91. The van der Waals surface area contributed by atoms with E-state index in [1.807, 2.05) is 0 Å². The molecule has 1 N–H and O–H groups in total. The summed E-state index contributed by atoms with van der Waals surface area (Å²) in [6, 6.07) is 0.241. The van der Waals surface area contributed by atoms with E-state index in [1.54, 1.807) is 16.8 Å². The molecule has 1 aliphatic heterocycles. The van der Waals surface area contributed by atoms with E-state index in [9.17, 15) is 5.11 Å². The average Bonchev–Trinajstić information content (AvgIpc) is 2.63. The van der Waals surface area contributed by atoms with Crippen LogP contribution in [0.3, 0.4) is 0 Å². The summed E-state index contributed by atoms with van der Waals surface area (Å²) >= 11 is 1.55. The third-order valence-corrected chi connectivity index (χ3v) is 3.41. The van der Waals surface area contributed by atoms with E-state index in [0.29, 0.717) is 0 Å². The maximum atomic E-state index is 9.30. The maximum Gasteiger partial charge on any atom is 0.208 e. The van der Waals surface area contributed by atoms with Gasteiger partial charge in [0.1, 0.15) is 5.51 Å². The van der Waals surface area contributed by atoms with Crippen molar-refractivity contribution in [3.63, 3.8) is 0 Å². The molecule has 1 aromatic rings. The van der Waals surface area contributed by atoms with Gasteiger partial charge in [-0.3, -0.25) is 0 Å². The molecule has 0 aliphatic carbocycles. The van der Waals surface area contributed by atoms with Gasteiger partial charge in [-0.1, -0.05) is 24.2 Å². The number of rotatable bonds is 2. The summed E-state index contributed by atoms with van der Waals surface area (Å²) in [6.45, 7) is 1.22. The molecule has 1 aliphatic rings. The summed E-state index contributed by atoms with van der Waals surface area (Å²) in [4.78, 5) is 2.20. The molecule has 0 aromatic carbocycles. The lowest BCUT2D eigenvalue weighted by Crippen LogP contribution is -2.37. The molecule has 0 amide bonds. The van der Waals surface area contributed by atoms with E-state index in [1.165, 1.54) is 19.3 Å². The standard InChI is InChI=1S/C9H15N3OS/c13-6-8-4-2-1-3-5-12(8)9-11-10-7-14-9/h7-8,13H,1-6H2. The monoisotopic (exact) mass is 213 g/mol. The fourth-order valence-corrected chi connectivity index (χ4v) is 2.57. The predicted molar refractivity (Wildman–Crippen MR) is 56.6 cm³/mol. The first-order valence-electron chi connectivity index (χ1n) is 5.05. The molecule has 0 spiro atoms. The van der Waals surface area contributed by atoms with Crippen molar-refractivity contribution in [3.05, 3.63) is 5.51 Å². The summed E-state index contributed by atoms with van der Waals surface area (Å²) in [5.41, 5.74) is 1.74. The summed E-state index contributed by atoms with van der Waals surface area (Å²) in [5.74, 6) is 0. The van der Waals surface area contributed by atoms with Gasteiger partial charge in [-0.2, -0.15) is 0 Å². The molecule has 1 unspecified atom stereocenters.